The van der Waals surface area contributed by atoms with E-state index in [0.717, 1.165) is 18.6 Å². The first-order valence-corrected chi connectivity index (χ1v) is 13.2. The second-order valence-electron chi connectivity index (χ2n) is 10.1. The van der Waals surface area contributed by atoms with Crippen LogP contribution in [0.1, 0.15) is 50.8 Å². The normalized spacial score (nSPS) is 19.2. The number of hydrogen-bond donors (Lipinski definition) is 1. The molecule has 8 nitrogen and oxygen atoms in total. The molecular weight excluding hydrogens is 513 g/mol. The number of rotatable bonds is 9. The molecule has 214 valence electrons. The Bertz CT molecular complexity index is 1090. The summed E-state index contributed by atoms with van der Waals surface area (Å²) in [6.45, 7) is 12.1. The second kappa shape index (κ2) is 13.1. The van der Waals surface area contributed by atoms with Crippen LogP contribution in [0.5, 0.6) is 0 Å². The van der Waals surface area contributed by atoms with Crippen LogP contribution in [0.15, 0.2) is 48.2 Å². The van der Waals surface area contributed by atoms with Crippen molar-refractivity contribution in [2.45, 2.75) is 45.8 Å². The molecule has 0 unspecified atom stereocenters. The van der Waals surface area contributed by atoms with Gasteiger partial charge in [-0.05, 0) is 37.0 Å². The molecule has 39 heavy (non-hydrogen) atoms. The molecule has 3 rings (SSSR count). The van der Waals surface area contributed by atoms with E-state index < -0.39 is 29.8 Å². The predicted molar refractivity (Wildman–Crippen MR) is 140 cm³/mol. The fourth-order valence-electron chi connectivity index (χ4n) is 4.83. The first kappa shape index (κ1) is 30.2. The lowest BCUT2D eigenvalue weighted by Gasteiger charge is -2.38. The first-order valence-electron chi connectivity index (χ1n) is 13.2. The van der Waals surface area contributed by atoms with Gasteiger partial charge < -0.3 is 15.0 Å². The minimum atomic E-state index is -4.52. The highest BCUT2D eigenvalue weighted by Crippen LogP contribution is 2.35. The molecule has 2 aliphatic rings. The van der Waals surface area contributed by atoms with Gasteiger partial charge >= 0.3 is 18.2 Å². The van der Waals surface area contributed by atoms with E-state index in [1.54, 1.807) is 6.92 Å². The van der Waals surface area contributed by atoms with Crippen molar-refractivity contribution in [3.8, 4) is 0 Å². The average molecular weight is 551 g/mol. The number of ether oxygens (including phenoxy) is 1. The van der Waals surface area contributed by atoms with E-state index in [1.165, 1.54) is 23.1 Å². The predicted octanol–water partition coefficient (Wildman–Crippen LogP) is 4.36. The number of hydrogen-bond acceptors (Lipinski definition) is 5. The molecule has 1 N–H and O–H groups in total. The highest BCUT2D eigenvalue weighted by Gasteiger charge is 2.39. The van der Waals surface area contributed by atoms with E-state index in [1.807, 2.05) is 18.7 Å². The summed E-state index contributed by atoms with van der Waals surface area (Å²) in [5.41, 5.74) is 0.0696. The van der Waals surface area contributed by atoms with Gasteiger partial charge in [0.25, 0.3) is 0 Å². The molecule has 11 heteroatoms. The molecule has 3 amide bonds. The summed E-state index contributed by atoms with van der Waals surface area (Å²) in [7, 11) is 0. The molecule has 0 spiro atoms. The van der Waals surface area contributed by atoms with Gasteiger partial charge in [0.15, 0.2) is 0 Å². The van der Waals surface area contributed by atoms with Crippen LogP contribution in [0.4, 0.5) is 18.0 Å². The Morgan fingerprint density at radius 3 is 2.44 bits per heavy atom. The number of urea groups is 1. The minimum absolute atomic E-state index is 0.0847. The van der Waals surface area contributed by atoms with Gasteiger partial charge in [0, 0.05) is 51.4 Å². The summed E-state index contributed by atoms with van der Waals surface area (Å²) in [6, 6.07) is 2.89. The Balaban J connectivity index is 1.98. The molecule has 0 radical (unpaired) electrons. The fraction of sp³-hybridized carbons (Fsp3) is 0.536. The van der Waals surface area contributed by atoms with E-state index in [-0.39, 0.29) is 37.1 Å². The van der Waals surface area contributed by atoms with E-state index >= 15 is 0 Å². The van der Waals surface area contributed by atoms with Crippen LogP contribution in [-0.2, 0) is 20.5 Å². The Morgan fingerprint density at radius 1 is 1.15 bits per heavy atom. The second-order valence-corrected chi connectivity index (χ2v) is 10.1. The SMILES string of the molecule is C=CCN1C(=O)N[C@@H](c2ccc(C(F)(F)F)cc2)C(C(=O)OCC)=C1CN1CCCN(C(=O)CC(C)C)CC1. The molecule has 0 bridgehead atoms. The Labute approximate surface area is 227 Å². The van der Waals surface area contributed by atoms with Gasteiger partial charge in [0.2, 0.25) is 5.91 Å². The van der Waals surface area contributed by atoms with Gasteiger partial charge in [-0.3, -0.25) is 14.6 Å². The zero-order chi connectivity index (χ0) is 28.7. The van der Waals surface area contributed by atoms with E-state index in [0.29, 0.717) is 43.9 Å². The number of halogens is 3. The van der Waals surface area contributed by atoms with E-state index in [2.05, 4.69) is 16.8 Å². The van der Waals surface area contributed by atoms with Crippen molar-refractivity contribution < 1.29 is 32.3 Å². The summed E-state index contributed by atoms with van der Waals surface area (Å²) in [5.74, 6) is -0.300. The van der Waals surface area contributed by atoms with Crippen LogP contribution in [0.25, 0.3) is 0 Å². The van der Waals surface area contributed by atoms with Crippen molar-refractivity contribution >= 4 is 17.9 Å². The summed E-state index contributed by atoms with van der Waals surface area (Å²) in [6.07, 6.45) is -1.78. The number of alkyl halides is 3. The molecular formula is C28H37F3N4O4. The zero-order valence-corrected chi connectivity index (χ0v) is 22.7. The maximum absolute atomic E-state index is 13.3. The summed E-state index contributed by atoms with van der Waals surface area (Å²) in [4.78, 5) is 44.5. The van der Waals surface area contributed by atoms with Crippen molar-refractivity contribution in [1.29, 1.82) is 0 Å². The molecule has 0 aromatic heterocycles. The van der Waals surface area contributed by atoms with Gasteiger partial charge in [-0.2, -0.15) is 13.2 Å². The summed E-state index contributed by atoms with van der Waals surface area (Å²) in [5, 5.41) is 2.76. The van der Waals surface area contributed by atoms with Crippen LogP contribution in [0.3, 0.4) is 0 Å². The number of nitrogens with one attached hydrogen (secondary N) is 1. The summed E-state index contributed by atoms with van der Waals surface area (Å²) < 4.78 is 44.8. The Kier molecular flexibility index (Phi) is 10.2. The van der Waals surface area contributed by atoms with E-state index in [9.17, 15) is 27.6 Å². The fourth-order valence-corrected chi connectivity index (χ4v) is 4.83. The molecule has 1 aromatic carbocycles. The lowest BCUT2D eigenvalue weighted by molar-refractivity contribution is -0.139. The van der Waals surface area contributed by atoms with Crippen molar-refractivity contribution in [2.75, 3.05) is 45.9 Å². The number of carbonyl (C=O) groups is 3. The molecule has 1 fully saturated rings. The van der Waals surface area contributed by atoms with Crippen LogP contribution in [0.2, 0.25) is 0 Å². The Morgan fingerprint density at radius 2 is 1.85 bits per heavy atom. The van der Waals surface area contributed by atoms with Gasteiger partial charge in [0.1, 0.15) is 0 Å². The molecule has 1 saturated heterocycles. The van der Waals surface area contributed by atoms with Crippen LogP contribution in [-0.4, -0.2) is 78.5 Å². The number of amides is 3. The largest absolute Gasteiger partial charge is 0.463 e. The number of esters is 1. The van der Waals surface area contributed by atoms with Gasteiger partial charge in [-0.15, -0.1) is 6.58 Å². The lowest BCUT2D eigenvalue weighted by atomic mass is 9.93. The summed E-state index contributed by atoms with van der Waals surface area (Å²) >= 11 is 0. The molecule has 0 saturated carbocycles. The van der Waals surface area contributed by atoms with Crippen molar-refractivity contribution in [3.63, 3.8) is 0 Å². The molecule has 0 aliphatic carbocycles. The van der Waals surface area contributed by atoms with Crippen LogP contribution >= 0.6 is 0 Å². The quantitative estimate of drug-likeness (QED) is 0.365. The number of carbonyl (C=O) groups excluding carboxylic acids is 3. The van der Waals surface area contributed by atoms with Gasteiger partial charge in [-0.1, -0.05) is 32.1 Å². The van der Waals surface area contributed by atoms with Crippen molar-refractivity contribution in [2.24, 2.45) is 5.92 Å². The molecule has 2 aliphatic heterocycles. The molecule has 1 atom stereocenters. The zero-order valence-electron chi connectivity index (χ0n) is 22.7. The third-order valence-electron chi connectivity index (χ3n) is 6.71. The molecule has 2 heterocycles. The maximum atomic E-state index is 13.3. The van der Waals surface area contributed by atoms with Crippen LogP contribution < -0.4 is 5.32 Å². The minimum Gasteiger partial charge on any atom is -0.463 e. The monoisotopic (exact) mass is 550 g/mol. The Hall–Kier alpha value is -3.34. The lowest BCUT2D eigenvalue weighted by Crippen LogP contribution is -2.51. The highest BCUT2D eigenvalue weighted by molar-refractivity contribution is 5.95. The molecule has 1 aromatic rings. The third-order valence-corrected chi connectivity index (χ3v) is 6.71. The first-order chi connectivity index (χ1) is 18.5. The maximum Gasteiger partial charge on any atom is 0.416 e. The number of nitrogens with zero attached hydrogens (tertiary/aromatic N) is 3. The van der Waals surface area contributed by atoms with Crippen LogP contribution in [0, 0.1) is 5.92 Å². The topological polar surface area (TPSA) is 82.2 Å². The van der Waals surface area contributed by atoms with Crippen molar-refractivity contribution in [1.82, 2.24) is 20.0 Å². The smallest absolute Gasteiger partial charge is 0.416 e. The average Bonchev–Trinajstić information content (AvgIpc) is 3.11. The standard InChI is InChI=1S/C28H37F3N4O4/c1-5-12-35-22(18-33-13-7-14-34(16-15-33)23(36)17-19(3)4)24(26(37)39-6-2)25(32-27(35)38)20-8-10-21(11-9-20)28(29,30)31/h5,8-11,19,25H,1,6-7,12-18H2,2-4H3,(H,32,38)/t25-/m0/s1. The highest BCUT2D eigenvalue weighted by atomic mass is 19.4. The van der Waals surface area contributed by atoms with Crippen molar-refractivity contribution in [3.05, 3.63) is 59.3 Å². The number of benzene rings is 1. The van der Waals surface area contributed by atoms with Gasteiger partial charge in [0.05, 0.1) is 23.8 Å². The van der Waals surface area contributed by atoms with E-state index in [4.69, 9.17) is 4.74 Å². The van der Waals surface area contributed by atoms with Gasteiger partial charge in [-0.25, -0.2) is 9.59 Å². The third kappa shape index (κ3) is 7.62.